The molecule has 0 heterocycles. The van der Waals surface area contributed by atoms with E-state index in [-0.39, 0.29) is 33.8 Å². The summed E-state index contributed by atoms with van der Waals surface area (Å²) in [5, 5.41) is 24.0. The largest absolute Gasteiger partial charge is 0.454 e. The maximum absolute atomic E-state index is 12.5. The van der Waals surface area contributed by atoms with Gasteiger partial charge in [0.1, 0.15) is 0 Å². The molecule has 11 heteroatoms. The number of hydrogen-bond acceptors (Lipinski definition) is 8. The molecule has 0 aliphatic carbocycles. The van der Waals surface area contributed by atoms with E-state index in [1.807, 2.05) is 0 Å². The lowest BCUT2D eigenvalue weighted by Gasteiger charge is -2.11. The molecule has 11 nitrogen and oxygen atoms in total. The highest BCUT2D eigenvalue weighted by Crippen LogP contribution is 2.19. The van der Waals surface area contributed by atoms with Crippen molar-refractivity contribution in [3.63, 3.8) is 0 Å². The second kappa shape index (κ2) is 9.92. The lowest BCUT2D eigenvalue weighted by molar-refractivity contribution is -0.385. The van der Waals surface area contributed by atoms with Crippen molar-refractivity contribution in [2.75, 3.05) is 11.9 Å². The van der Waals surface area contributed by atoms with Gasteiger partial charge in [-0.05, 0) is 36.4 Å². The molecule has 0 aliphatic heterocycles. The maximum atomic E-state index is 12.5. The highest BCUT2D eigenvalue weighted by atomic mass is 16.6. The van der Waals surface area contributed by atoms with E-state index in [1.165, 1.54) is 54.6 Å². The summed E-state index contributed by atoms with van der Waals surface area (Å²) in [4.78, 5) is 57.4. The number of nitro groups is 2. The van der Waals surface area contributed by atoms with Crippen LogP contribution in [0, 0.1) is 20.2 Å². The van der Waals surface area contributed by atoms with E-state index in [0.29, 0.717) is 0 Å². The Labute approximate surface area is 185 Å². The number of carbonyl (C=O) groups is 3. The third kappa shape index (κ3) is 5.61. The fraction of sp³-hybridized carbons (Fsp3) is 0.0455. The van der Waals surface area contributed by atoms with E-state index in [4.69, 9.17) is 4.74 Å². The predicted octanol–water partition coefficient (Wildman–Crippen LogP) is 3.80. The smallest absolute Gasteiger partial charge is 0.340 e. The topological polar surface area (TPSA) is 159 Å². The zero-order valence-corrected chi connectivity index (χ0v) is 16.8. The van der Waals surface area contributed by atoms with Crippen molar-refractivity contribution in [2.24, 2.45) is 0 Å². The highest BCUT2D eigenvalue weighted by molar-refractivity contribution is 6.08. The molecule has 0 bridgehead atoms. The summed E-state index contributed by atoms with van der Waals surface area (Å²) in [6.07, 6.45) is 0. The number of ether oxygens (including phenoxy) is 1. The number of non-ortho nitro benzene ring substituents is 2. The fourth-order valence-electron chi connectivity index (χ4n) is 2.76. The molecule has 0 radical (unpaired) electrons. The van der Waals surface area contributed by atoms with Crippen molar-refractivity contribution < 1.29 is 29.0 Å². The Morgan fingerprint density at radius 2 is 1.27 bits per heavy atom. The fourth-order valence-corrected chi connectivity index (χ4v) is 2.76. The number of para-hydroxylation sites is 1. The number of nitrogens with zero attached hydrogens (tertiary/aromatic N) is 2. The molecule has 3 aromatic rings. The Kier molecular flexibility index (Phi) is 6.84. The minimum Gasteiger partial charge on any atom is -0.454 e. The van der Waals surface area contributed by atoms with E-state index in [9.17, 15) is 34.6 Å². The summed E-state index contributed by atoms with van der Waals surface area (Å²) in [5.74, 6) is -2.04. The van der Waals surface area contributed by atoms with Crippen LogP contribution in [0.15, 0.2) is 72.8 Å². The van der Waals surface area contributed by atoms with Gasteiger partial charge in [0.05, 0.1) is 21.1 Å². The zero-order chi connectivity index (χ0) is 24.0. The van der Waals surface area contributed by atoms with Crippen molar-refractivity contribution in [1.82, 2.24) is 0 Å². The van der Waals surface area contributed by atoms with Crippen molar-refractivity contribution in [2.45, 2.75) is 0 Å². The first-order valence-electron chi connectivity index (χ1n) is 9.36. The molecule has 3 rings (SSSR count). The highest BCUT2D eigenvalue weighted by Gasteiger charge is 2.18. The summed E-state index contributed by atoms with van der Waals surface area (Å²) in [6, 6.07) is 15.7. The number of ketones is 1. The number of nitro benzene ring substituents is 2. The number of hydrogen-bond donors (Lipinski definition) is 1. The van der Waals surface area contributed by atoms with Crippen molar-refractivity contribution in [3.05, 3.63) is 110 Å². The van der Waals surface area contributed by atoms with Crippen molar-refractivity contribution >= 4 is 34.7 Å². The molecule has 0 aromatic heterocycles. The van der Waals surface area contributed by atoms with Gasteiger partial charge in [-0.2, -0.15) is 0 Å². The number of amides is 1. The lowest BCUT2D eigenvalue weighted by Crippen LogP contribution is -2.18. The number of rotatable bonds is 8. The van der Waals surface area contributed by atoms with E-state index >= 15 is 0 Å². The van der Waals surface area contributed by atoms with Crippen LogP contribution in [0.2, 0.25) is 0 Å². The average molecular weight is 449 g/mol. The van der Waals surface area contributed by atoms with Crippen LogP contribution in [0.3, 0.4) is 0 Å². The number of nitrogens with one attached hydrogen (secondary N) is 1. The summed E-state index contributed by atoms with van der Waals surface area (Å²) >= 11 is 0. The van der Waals surface area contributed by atoms with Crippen LogP contribution in [-0.4, -0.2) is 34.1 Å². The molecular formula is C22H15N3O8. The van der Waals surface area contributed by atoms with E-state index < -0.39 is 34.1 Å². The maximum Gasteiger partial charge on any atom is 0.340 e. The van der Waals surface area contributed by atoms with Crippen molar-refractivity contribution in [3.8, 4) is 0 Å². The Balaban J connectivity index is 1.67. The minimum atomic E-state index is -0.870. The lowest BCUT2D eigenvalue weighted by atomic mass is 10.1. The van der Waals surface area contributed by atoms with Gasteiger partial charge in [0, 0.05) is 35.4 Å². The van der Waals surface area contributed by atoms with E-state index in [1.54, 1.807) is 6.07 Å². The van der Waals surface area contributed by atoms with Crippen LogP contribution in [0.5, 0.6) is 0 Å². The number of carbonyl (C=O) groups excluding carboxylic acids is 3. The molecular weight excluding hydrogens is 434 g/mol. The van der Waals surface area contributed by atoms with Gasteiger partial charge in [-0.15, -0.1) is 0 Å². The monoisotopic (exact) mass is 449 g/mol. The third-order valence-electron chi connectivity index (χ3n) is 4.47. The Hall–Kier alpha value is -4.93. The van der Waals surface area contributed by atoms with Gasteiger partial charge >= 0.3 is 5.97 Å². The number of esters is 1. The first-order valence-corrected chi connectivity index (χ1v) is 9.36. The molecule has 0 unspecified atom stereocenters. The van der Waals surface area contributed by atoms with Gasteiger partial charge in [-0.25, -0.2) is 4.79 Å². The first kappa shape index (κ1) is 22.7. The predicted molar refractivity (Wildman–Crippen MR) is 115 cm³/mol. The van der Waals surface area contributed by atoms with Crippen LogP contribution in [0.4, 0.5) is 17.1 Å². The van der Waals surface area contributed by atoms with Crippen LogP contribution in [-0.2, 0) is 4.74 Å². The van der Waals surface area contributed by atoms with Crippen molar-refractivity contribution in [1.29, 1.82) is 0 Å². The van der Waals surface area contributed by atoms with Gasteiger partial charge in [0.15, 0.2) is 12.4 Å². The summed E-state index contributed by atoms with van der Waals surface area (Å²) < 4.78 is 5.04. The Bertz CT molecular complexity index is 1240. The second-order valence-electron chi connectivity index (χ2n) is 6.61. The molecule has 0 aliphatic rings. The molecule has 0 spiro atoms. The van der Waals surface area contributed by atoms with Gasteiger partial charge in [0.2, 0.25) is 0 Å². The second-order valence-corrected chi connectivity index (χ2v) is 6.61. The number of Topliss-reactive ketones (excluding diaryl/α,β-unsaturated/α-hetero) is 1. The molecule has 1 amide bonds. The summed E-state index contributed by atoms with van der Waals surface area (Å²) in [7, 11) is 0. The van der Waals surface area contributed by atoms with Gasteiger partial charge in [0.25, 0.3) is 17.3 Å². The van der Waals surface area contributed by atoms with Crippen LogP contribution < -0.4 is 5.32 Å². The number of benzene rings is 3. The van der Waals surface area contributed by atoms with Gasteiger partial charge in [-0.1, -0.05) is 12.1 Å². The number of anilines is 1. The molecule has 1 N–H and O–H groups in total. The molecule has 166 valence electrons. The summed E-state index contributed by atoms with van der Waals surface area (Å²) in [6.45, 7) is -0.610. The Morgan fingerprint density at radius 3 is 1.82 bits per heavy atom. The molecule has 0 saturated carbocycles. The molecule has 3 aromatic carbocycles. The average Bonchev–Trinajstić information content (AvgIpc) is 2.82. The SMILES string of the molecule is O=C(COC(=O)c1ccccc1NC(=O)c1ccc([N+](=O)[O-])cc1)c1ccc([N+](=O)[O-])cc1. The van der Waals surface area contributed by atoms with Gasteiger partial charge < -0.3 is 10.1 Å². The van der Waals surface area contributed by atoms with E-state index in [0.717, 1.165) is 12.1 Å². The third-order valence-corrected chi connectivity index (χ3v) is 4.47. The molecule has 0 saturated heterocycles. The first-order chi connectivity index (χ1) is 15.8. The minimum absolute atomic E-state index is 0.00994. The molecule has 0 fully saturated rings. The van der Waals surface area contributed by atoms with E-state index in [2.05, 4.69) is 5.32 Å². The zero-order valence-electron chi connectivity index (χ0n) is 16.8. The van der Waals surface area contributed by atoms with Crippen LogP contribution in [0.25, 0.3) is 0 Å². The molecule has 33 heavy (non-hydrogen) atoms. The van der Waals surface area contributed by atoms with Crippen LogP contribution >= 0.6 is 0 Å². The standard InChI is InChI=1S/C22H15N3O8/c26-20(14-5-9-16(10-6-14)24(29)30)13-33-22(28)18-3-1-2-4-19(18)23-21(27)15-7-11-17(12-8-15)25(31)32/h1-12H,13H2,(H,23,27). The summed E-state index contributed by atoms with van der Waals surface area (Å²) in [5.41, 5.74) is 0.0256. The normalized spacial score (nSPS) is 10.2. The van der Waals surface area contributed by atoms with Crippen LogP contribution in [0.1, 0.15) is 31.1 Å². The molecule has 0 atom stereocenters. The quantitative estimate of drug-likeness (QED) is 0.235. The Morgan fingerprint density at radius 1 is 0.758 bits per heavy atom. The van der Waals surface area contributed by atoms with Gasteiger partial charge in [-0.3, -0.25) is 29.8 Å².